The summed E-state index contributed by atoms with van der Waals surface area (Å²) in [6, 6.07) is 9.92. The molecule has 3 N–H and O–H groups in total. The highest BCUT2D eigenvalue weighted by Crippen LogP contribution is 2.29. The van der Waals surface area contributed by atoms with Gasteiger partial charge in [-0.1, -0.05) is 44.5 Å². The Hall–Kier alpha value is -2.33. The summed E-state index contributed by atoms with van der Waals surface area (Å²) < 4.78 is 0. The third-order valence-corrected chi connectivity index (χ3v) is 3.83. The van der Waals surface area contributed by atoms with E-state index in [1.807, 2.05) is 20.8 Å². The fraction of sp³-hybridized carbons (Fsp3) is 0.222. The number of anilines is 1. The molecule has 0 aliphatic heterocycles. The van der Waals surface area contributed by atoms with Gasteiger partial charge in [0.05, 0.1) is 16.3 Å². The SMILES string of the molecule is CC(C)(C)c1ccc(O)c(C(=O)Nc2ccc(C=N)cc2Cl)c1. The predicted octanol–water partition coefficient (Wildman–Crippen LogP) is 4.59. The van der Waals surface area contributed by atoms with Crippen LogP contribution >= 0.6 is 11.6 Å². The van der Waals surface area contributed by atoms with Gasteiger partial charge in [0.25, 0.3) is 5.91 Å². The minimum absolute atomic E-state index is 0.0808. The Kier molecular flexibility index (Phi) is 4.76. The molecule has 2 aromatic carbocycles. The maximum absolute atomic E-state index is 12.4. The van der Waals surface area contributed by atoms with E-state index >= 15 is 0 Å². The van der Waals surface area contributed by atoms with Gasteiger partial charge in [-0.3, -0.25) is 4.79 Å². The number of aromatic hydroxyl groups is 1. The molecule has 0 heterocycles. The summed E-state index contributed by atoms with van der Waals surface area (Å²) in [6.45, 7) is 6.11. The quantitative estimate of drug-likeness (QED) is 0.720. The van der Waals surface area contributed by atoms with E-state index in [1.165, 1.54) is 12.3 Å². The van der Waals surface area contributed by atoms with Gasteiger partial charge in [-0.2, -0.15) is 0 Å². The molecule has 0 unspecified atom stereocenters. The van der Waals surface area contributed by atoms with Gasteiger partial charge in [-0.05, 0) is 40.8 Å². The smallest absolute Gasteiger partial charge is 0.259 e. The lowest BCUT2D eigenvalue weighted by Gasteiger charge is -2.20. The van der Waals surface area contributed by atoms with Crippen LogP contribution in [0.4, 0.5) is 5.69 Å². The largest absolute Gasteiger partial charge is 0.507 e. The molecule has 0 radical (unpaired) electrons. The van der Waals surface area contributed by atoms with E-state index in [4.69, 9.17) is 17.0 Å². The lowest BCUT2D eigenvalue weighted by atomic mass is 9.86. The molecule has 0 saturated heterocycles. The zero-order valence-corrected chi connectivity index (χ0v) is 14.0. The van der Waals surface area contributed by atoms with Gasteiger partial charge in [0.2, 0.25) is 0 Å². The minimum Gasteiger partial charge on any atom is -0.507 e. The van der Waals surface area contributed by atoms with Crippen LogP contribution in [0.3, 0.4) is 0 Å². The number of hydrogen-bond acceptors (Lipinski definition) is 3. The molecule has 0 aliphatic rings. The standard InChI is InChI=1S/C18H19ClN2O2/c1-18(2,3)12-5-7-16(22)13(9-12)17(23)21-15-6-4-11(10-20)8-14(15)19/h4-10,20,22H,1-3H3,(H,21,23). The van der Waals surface area contributed by atoms with Gasteiger partial charge in [0, 0.05) is 6.21 Å². The van der Waals surface area contributed by atoms with Crippen molar-refractivity contribution in [3.63, 3.8) is 0 Å². The fourth-order valence-electron chi connectivity index (χ4n) is 2.10. The van der Waals surface area contributed by atoms with Crippen molar-refractivity contribution in [3.8, 4) is 5.75 Å². The van der Waals surface area contributed by atoms with Crippen LogP contribution in [-0.2, 0) is 5.41 Å². The number of rotatable bonds is 3. The summed E-state index contributed by atoms with van der Waals surface area (Å²) in [5, 5.41) is 20.2. The summed E-state index contributed by atoms with van der Waals surface area (Å²) in [7, 11) is 0. The molecule has 0 spiro atoms. The summed E-state index contributed by atoms with van der Waals surface area (Å²) in [5.74, 6) is -0.513. The summed E-state index contributed by atoms with van der Waals surface area (Å²) in [4.78, 5) is 12.4. The van der Waals surface area contributed by atoms with Crippen LogP contribution in [-0.4, -0.2) is 17.2 Å². The van der Waals surface area contributed by atoms with Gasteiger partial charge in [-0.15, -0.1) is 0 Å². The number of carbonyl (C=O) groups is 1. The average Bonchev–Trinajstić information content (AvgIpc) is 2.48. The van der Waals surface area contributed by atoms with Crippen LogP contribution in [0.5, 0.6) is 5.75 Å². The maximum atomic E-state index is 12.4. The van der Waals surface area contributed by atoms with Crippen LogP contribution in [0.2, 0.25) is 5.02 Å². The molecule has 4 nitrogen and oxygen atoms in total. The molecule has 0 atom stereocenters. The molecule has 0 aliphatic carbocycles. The molecule has 23 heavy (non-hydrogen) atoms. The van der Waals surface area contributed by atoms with Crippen molar-refractivity contribution >= 4 is 29.4 Å². The Morgan fingerprint density at radius 3 is 2.48 bits per heavy atom. The maximum Gasteiger partial charge on any atom is 0.259 e. The Morgan fingerprint density at radius 2 is 1.91 bits per heavy atom. The van der Waals surface area contributed by atoms with Crippen LogP contribution in [0.25, 0.3) is 0 Å². The van der Waals surface area contributed by atoms with Gasteiger partial charge >= 0.3 is 0 Å². The third kappa shape index (κ3) is 3.90. The number of phenolic OH excluding ortho intramolecular Hbond substituents is 1. The third-order valence-electron chi connectivity index (χ3n) is 3.52. The van der Waals surface area contributed by atoms with Crippen molar-refractivity contribution in [2.24, 2.45) is 0 Å². The summed E-state index contributed by atoms with van der Waals surface area (Å²) in [5.41, 5.74) is 2.09. The molecule has 0 saturated carbocycles. The Bertz CT molecular complexity index is 764. The van der Waals surface area contributed by atoms with Crippen molar-refractivity contribution in [1.29, 1.82) is 5.41 Å². The topological polar surface area (TPSA) is 73.2 Å². The van der Waals surface area contributed by atoms with Gasteiger partial charge < -0.3 is 15.8 Å². The first kappa shape index (κ1) is 17.0. The highest BCUT2D eigenvalue weighted by Gasteiger charge is 2.19. The molecular weight excluding hydrogens is 312 g/mol. The first-order valence-electron chi connectivity index (χ1n) is 7.17. The molecule has 5 heteroatoms. The van der Waals surface area contributed by atoms with E-state index in [9.17, 15) is 9.90 Å². The molecule has 0 aromatic heterocycles. The lowest BCUT2D eigenvalue weighted by molar-refractivity contribution is 0.102. The molecular formula is C18H19ClN2O2. The lowest BCUT2D eigenvalue weighted by Crippen LogP contribution is -2.16. The number of amides is 1. The summed E-state index contributed by atoms with van der Waals surface area (Å²) in [6.07, 6.45) is 1.18. The number of hydrogen-bond donors (Lipinski definition) is 3. The van der Waals surface area contributed by atoms with Gasteiger partial charge in [0.15, 0.2) is 0 Å². The first-order chi connectivity index (χ1) is 10.7. The van der Waals surface area contributed by atoms with Crippen LogP contribution in [0, 0.1) is 5.41 Å². The molecule has 120 valence electrons. The number of nitrogens with one attached hydrogen (secondary N) is 2. The zero-order valence-electron chi connectivity index (χ0n) is 13.3. The molecule has 1 amide bonds. The number of halogens is 1. The van der Waals surface area contributed by atoms with Crippen molar-refractivity contribution in [2.45, 2.75) is 26.2 Å². The van der Waals surface area contributed by atoms with Gasteiger partial charge in [-0.25, -0.2) is 0 Å². The Balaban J connectivity index is 2.32. The highest BCUT2D eigenvalue weighted by molar-refractivity contribution is 6.34. The van der Waals surface area contributed by atoms with Crippen molar-refractivity contribution in [2.75, 3.05) is 5.32 Å². The van der Waals surface area contributed by atoms with Crippen molar-refractivity contribution in [3.05, 3.63) is 58.1 Å². The Morgan fingerprint density at radius 1 is 1.22 bits per heavy atom. The molecule has 2 rings (SSSR count). The van der Waals surface area contributed by atoms with E-state index in [1.54, 1.807) is 30.3 Å². The predicted molar refractivity (Wildman–Crippen MR) is 94.1 cm³/mol. The van der Waals surface area contributed by atoms with E-state index in [0.29, 0.717) is 16.3 Å². The highest BCUT2D eigenvalue weighted by atomic mass is 35.5. The van der Waals surface area contributed by atoms with E-state index < -0.39 is 5.91 Å². The number of carbonyl (C=O) groups excluding carboxylic acids is 1. The average molecular weight is 331 g/mol. The fourth-order valence-corrected chi connectivity index (χ4v) is 2.33. The number of benzene rings is 2. The van der Waals surface area contributed by atoms with E-state index in [-0.39, 0.29) is 16.7 Å². The number of phenols is 1. The van der Waals surface area contributed by atoms with Crippen LogP contribution in [0.15, 0.2) is 36.4 Å². The minimum atomic E-state index is -0.432. The van der Waals surface area contributed by atoms with E-state index in [0.717, 1.165) is 5.56 Å². The molecule has 0 bridgehead atoms. The second-order valence-corrected chi connectivity index (χ2v) is 6.73. The van der Waals surface area contributed by atoms with Crippen LogP contribution in [0.1, 0.15) is 42.3 Å². The van der Waals surface area contributed by atoms with E-state index in [2.05, 4.69) is 5.32 Å². The second kappa shape index (κ2) is 6.42. The molecule has 2 aromatic rings. The normalized spacial score (nSPS) is 11.1. The van der Waals surface area contributed by atoms with Crippen molar-refractivity contribution < 1.29 is 9.90 Å². The van der Waals surface area contributed by atoms with Crippen LogP contribution < -0.4 is 5.32 Å². The molecule has 0 fully saturated rings. The second-order valence-electron chi connectivity index (χ2n) is 6.32. The van der Waals surface area contributed by atoms with Crippen molar-refractivity contribution in [1.82, 2.24) is 0 Å². The Labute approximate surface area is 140 Å². The van der Waals surface area contributed by atoms with Gasteiger partial charge in [0.1, 0.15) is 5.75 Å². The summed E-state index contributed by atoms with van der Waals surface area (Å²) >= 11 is 6.10. The monoisotopic (exact) mass is 330 g/mol. The first-order valence-corrected chi connectivity index (χ1v) is 7.55. The zero-order chi connectivity index (χ0) is 17.2.